The number of carbonyl (C=O) groups is 1. The maximum absolute atomic E-state index is 13.3. The number of halogens is 1. The van der Waals surface area contributed by atoms with Gasteiger partial charge in [-0.25, -0.2) is 4.79 Å². The topological polar surface area (TPSA) is 23.6 Å². The minimum atomic E-state index is 0.269. The van der Waals surface area contributed by atoms with Crippen LogP contribution in [0.1, 0.15) is 49.3 Å². The summed E-state index contributed by atoms with van der Waals surface area (Å²) in [4.78, 5) is 17.8. The lowest BCUT2D eigenvalue weighted by atomic mass is 9.54. The molecule has 7 rings (SSSR count). The van der Waals surface area contributed by atoms with E-state index in [2.05, 4.69) is 43.9 Å². The highest BCUT2D eigenvalue weighted by Gasteiger charge is 2.54. The van der Waals surface area contributed by atoms with Crippen LogP contribution in [0, 0.1) is 23.7 Å². The second kappa shape index (κ2) is 5.25. The molecule has 6 aliphatic rings. The van der Waals surface area contributed by atoms with Crippen molar-refractivity contribution >= 4 is 22.0 Å². The van der Waals surface area contributed by atoms with Crippen LogP contribution in [0.25, 0.3) is 0 Å². The number of hydrogen-bond acceptors (Lipinski definition) is 1. The largest absolute Gasteiger partial charge is 0.320 e. The number of nitrogens with zero attached hydrogens (tertiary/aromatic N) is 2. The van der Waals surface area contributed by atoms with E-state index in [1.165, 1.54) is 47.7 Å². The summed E-state index contributed by atoms with van der Waals surface area (Å²) in [5, 5.41) is 0. The number of hydrogen-bond donors (Lipinski definition) is 0. The number of benzene rings is 1. The third kappa shape index (κ3) is 2.06. The van der Waals surface area contributed by atoms with E-state index in [9.17, 15) is 4.79 Å². The van der Waals surface area contributed by atoms with Crippen LogP contribution in [0.2, 0.25) is 0 Å². The molecule has 1 aromatic carbocycles. The van der Waals surface area contributed by atoms with E-state index in [0.29, 0.717) is 12.1 Å². The molecular weight excluding hydrogens is 376 g/mol. The summed E-state index contributed by atoms with van der Waals surface area (Å²) in [6, 6.07) is 7.63. The molecule has 1 aromatic rings. The summed E-state index contributed by atoms with van der Waals surface area (Å²) in [6.07, 6.45) is 7.99. The van der Waals surface area contributed by atoms with Crippen LogP contribution in [0.5, 0.6) is 0 Å². The summed E-state index contributed by atoms with van der Waals surface area (Å²) >= 11 is 3.72. The molecule has 0 N–H and O–H groups in total. The fourth-order valence-corrected chi connectivity index (χ4v) is 7.80. The van der Waals surface area contributed by atoms with Gasteiger partial charge in [0.2, 0.25) is 0 Å². The highest BCUT2D eigenvalue weighted by Crippen LogP contribution is 2.56. The minimum absolute atomic E-state index is 0.269. The Balaban J connectivity index is 1.34. The zero-order chi connectivity index (χ0) is 16.7. The third-order valence-electron chi connectivity index (χ3n) is 7.89. The molecule has 5 fully saturated rings. The average molecular weight is 401 g/mol. The van der Waals surface area contributed by atoms with Crippen molar-refractivity contribution in [2.45, 2.75) is 50.6 Å². The molecule has 2 aliphatic heterocycles. The molecule has 0 aromatic heterocycles. The summed E-state index contributed by atoms with van der Waals surface area (Å²) < 4.78 is 1.21. The summed E-state index contributed by atoms with van der Waals surface area (Å²) in [5.74, 6) is 3.50. The highest BCUT2D eigenvalue weighted by molar-refractivity contribution is 9.10. The monoisotopic (exact) mass is 400 g/mol. The normalized spacial score (nSPS) is 41.2. The molecule has 4 heteroatoms. The van der Waals surface area contributed by atoms with Crippen molar-refractivity contribution in [3.8, 4) is 0 Å². The molecule has 1 unspecified atom stereocenters. The molecule has 0 radical (unpaired) electrons. The molecule has 0 spiro atoms. The predicted octanol–water partition coefficient (Wildman–Crippen LogP) is 4.61. The molecule has 25 heavy (non-hydrogen) atoms. The smallest absolute Gasteiger partial charge is 0.319 e. The van der Waals surface area contributed by atoms with Gasteiger partial charge in [-0.05, 0) is 79.4 Å². The van der Waals surface area contributed by atoms with E-state index in [-0.39, 0.29) is 6.04 Å². The Kier molecular flexibility index (Phi) is 3.16. The van der Waals surface area contributed by atoms with Gasteiger partial charge in [0.25, 0.3) is 0 Å². The van der Waals surface area contributed by atoms with Gasteiger partial charge in [-0.15, -0.1) is 0 Å². The average Bonchev–Trinajstić information content (AvgIpc) is 2.92. The third-order valence-corrected chi connectivity index (χ3v) is 8.63. The second-order valence-corrected chi connectivity index (χ2v) is 9.98. The number of urea groups is 1. The van der Waals surface area contributed by atoms with Gasteiger partial charge < -0.3 is 9.80 Å². The van der Waals surface area contributed by atoms with Crippen LogP contribution < -0.4 is 0 Å². The second-order valence-electron chi connectivity index (χ2n) is 9.12. The van der Waals surface area contributed by atoms with E-state index in [4.69, 9.17) is 0 Å². The van der Waals surface area contributed by atoms with Gasteiger partial charge in [-0.2, -0.15) is 0 Å². The first-order chi connectivity index (χ1) is 12.2. The van der Waals surface area contributed by atoms with Crippen molar-refractivity contribution in [3.05, 3.63) is 33.8 Å². The number of fused-ring (bicyclic) bond motifs is 3. The van der Waals surface area contributed by atoms with E-state index < -0.39 is 0 Å². The van der Waals surface area contributed by atoms with Gasteiger partial charge in [-0.1, -0.05) is 28.1 Å². The molecule has 132 valence electrons. The van der Waals surface area contributed by atoms with Crippen molar-refractivity contribution < 1.29 is 4.79 Å². The standard InChI is InChI=1S/C21H25BrN2O/c22-18-3-1-2-17-16(18)4-5-23-19(17)11-24(21(23)25)20-14-7-12-6-13(9-14)10-15(20)8-12/h1-3,12-15,19-20H,4-11H2. The minimum Gasteiger partial charge on any atom is -0.319 e. The Hall–Kier alpha value is -1.03. The van der Waals surface area contributed by atoms with Crippen molar-refractivity contribution in [1.82, 2.24) is 9.80 Å². The van der Waals surface area contributed by atoms with E-state index >= 15 is 0 Å². The summed E-state index contributed by atoms with van der Waals surface area (Å²) in [5.41, 5.74) is 2.80. The lowest BCUT2D eigenvalue weighted by Gasteiger charge is -2.56. The lowest BCUT2D eigenvalue weighted by molar-refractivity contribution is -0.0474. The maximum atomic E-state index is 13.3. The van der Waals surface area contributed by atoms with Crippen LogP contribution in [-0.4, -0.2) is 35.0 Å². The molecular formula is C21H25BrN2O. The zero-order valence-electron chi connectivity index (χ0n) is 14.5. The summed E-state index contributed by atoms with van der Waals surface area (Å²) in [7, 11) is 0. The van der Waals surface area contributed by atoms with Crippen LogP contribution in [0.15, 0.2) is 22.7 Å². The van der Waals surface area contributed by atoms with Crippen molar-refractivity contribution in [2.75, 3.05) is 13.1 Å². The lowest BCUT2D eigenvalue weighted by Crippen LogP contribution is -2.56. The van der Waals surface area contributed by atoms with Gasteiger partial charge in [0.15, 0.2) is 0 Å². The first-order valence-corrected chi connectivity index (χ1v) is 10.8. The van der Waals surface area contributed by atoms with Crippen LogP contribution >= 0.6 is 15.9 Å². The number of rotatable bonds is 1. The number of carbonyl (C=O) groups excluding carboxylic acids is 1. The quantitative estimate of drug-likeness (QED) is 0.674. The van der Waals surface area contributed by atoms with Gasteiger partial charge in [0.1, 0.15) is 0 Å². The van der Waals surface area contributed by atoms with Gasteiger partial charge >= 0.3 is 6.03 Å². The molecule has 2 heterocycles. The molecule has 4 saturated carbocycles. The molecule has 2 amide bonds. The molecule has 4 bridgehead atoms. The Bertz CT molecular complexity index is 719. The maximum Gasteiger partial charge on any atom is 0.320 e. The molecule has 4 aliphatic carbocycles. The Morgan fingerprint density at radius 3 is 2.40 bits per heavy atom. The van der Waals surface area contributed by atoms with Gasteiger partial charge in [0, 0.05) is 23.6 Å². The first kappa shape index (κ1) is 15.1. The van der Waals surface area contributed by atoms with Gasteiger partial charge in [0.05, 0.1) is 6.04 Å². The molecule has 3 nitrogen and oxygen atoms in total. The fourth-order valence-electron chi connectivity index (χ4n) is 7.22. The van der Waals surface area contributed by atoms with Gasteiger partial charge in [-0.3, -0.25) is 0 Å². The summed E-state index contributed by atoms with van der Waals surface area (Å²) in [6.45, 7) is 1.79. The first-order valence-electron chi connectivity index (χ1n) is 10.0. The Morgan fingerprint density at radius 2 is 1.68 bits per heavy atom. The van der Waals surface area contributed by atoms with Crippen molar-refractivity contribution in [1.29, 1.82) is 0 Å². The molecule has 1 atom stereocenters. The number of amides is 2. The van der Waals surface area contributed by atoms with Crippen LogP contribution in [-0.2, 0) is 6.42 Å². The van der Waals surface area contributed by atoms with E-state index in [1.54, 1.807) is 0 Å². The van der Waals surface area contributed by atoms with Crippen LogP contribution in [0.3, 0.4) is 0 Å². The SMILES string of the molecule is O=C1N2CCc3c(Br)cccc3C2CN1C1C2CC3CC(C2)CC1C3. The fraction of sp³-hybridized carbons (Fsp3) is 0.667. The van der Waals surface area contributed by atoms with Crippen molar-refractivity contribution in [3.63, 3.8) is 0 Å². The zero-order valence-corrected chi connectivity index (χ0v) is 16.1. The van der Waals surface area contributed by atoms with Crippen molar-refractivity contribution in [2.24, 2.45) is 23.7 Å². The highest BCUT2D eigenvalue weighted by atomic mass is 79.9. The van der Waals surface area contributed by atoms with E-state index in [1.807, 2.05) is 0 Å². The van der Waals surface area contributed by atoms with E-state index in [0.717, 1.165) is 43.2 Å². The Labute approximate surface area is 157 Å². The predicted molar refractivity (Wildman–Crippen MR) is 100 cm³/mol. The Morgan fingerprint density at radius 1 is 0.960 bits per heavy atom. The molecule has 1 saturated heterocycles. The van der Waals surface area contributed by atoms with Crippen LogP contribution in [0.4, 0.5) is 4.79 Å².